The quantitative estimate of drug-likeness (QED) is 0.645. The van der Waals surface area contributed by atoms with Gasteiger partial charge in [-0.3, -0.25) is 9.69 Å². The van der Waals surface area contributed by atoms with Gasteiger partial charge >= 0.3 is 0 Å². The first-order valence-corrected chi connectivity index (χ1v) is 4.87. The van der Waals surface area contributed by atoms with Crippen LogP contribution in [0.2, 0.25) is 0 Å². The maximum atomic E-state index is 11.4. The molecule has 0 aromatic heterocycles. The van der Waals surface area contributed by atoms with Crippen LogP contribution in [0.3, 0.4) is 0 Å². The molecule has 0 radical (unpaired) electrons. The lowest BCUT2D eigenvalue weighted by Gasteiger charge is -2.38. The van der Waals surface area contributed by atoms with E-state index in [0.29, 0.717) is 19.1 Å². The highest BCUT2D eigenvalue weighted by atomic mass is 16.2. The third kappa shape index (κ3) is 2.42. The van der Waals surface area contributed by atoms with Crippen LogP contribution in [0.1, 0.15) is 13.3 Å². The van der Waals surface area contributed by atoms with Gasteiger partial charge in [0.2, 0.25) is 5.91 Å². The normalized spacial score (nSPS) is 25.3. The largest absolute Gasteiger partial charge is 0.340 e. The Labute approximate surface area is 79.7 Å². The third-order valence-electron chi connectivity index (χ3n) is 2.67. The van der Waals surface area contributed by atoms with Crippen LogP contribution in [0.25, 0.3) is 0 Å². The van der Waals surface area contributed by atoms with Crippen molar-refractivity contribution in [3.05, 3.63) is 0 Å². The van der Waals surface area contributed by atoms with Crippen molar-refractivity contribution in [2.75, 3.05) is 33.2 Å². The molecule has 1 heterocycles. The lowest BCUT2D eigenvalue weighted by atomic mass is 10.1. The van der Waals surface area contributed by atoms with Crippen molar-refractivity contribution in [2.45, 2.75) is 19.4 Å². The molecule has 4 heteroatoms. The number of hydrogen-bond acceptors (Lipinski definition) is 3. The van der Waals surface area contributed by atoms with Crippen LogP contribution >= 0.6 is 0 Å². The van der Waals surface area contributed by atoms with Crippen molar-refractivity contribution in [1.29, 1.82) is 0 Å². The van der Waals surface area contributed by atoms with E-state index in [4.69, 9.17) is 5.73 Å². The van der Waals surface area contributed by atoms with Crippen molar-refractivity contribution in [3.63, 3.8) is 0 Å². The highest BCUT2D eigenvalue weighted by molar-refractivity contribution is 5.79. The summed E-state index contributed by atoms with van der Waals surface area (Å²) in [5, 5.41) is 0. The van der Waals surface area contributed by atoms with Gasteiger partial charge in [0.15, 0.2) is 0 Å². The maximum absolute atomic E-state index is 11.4. The van der Waals surface area contributed by atoms with E-state index in [1.165, 1.54) is 0 Å². The minimum Gasteiger partial charge on any atom is -0.340 e. The van der Waals surface area contributed by atoms with E-state index in [-0.39, 0.29) is 5.91 Å². The van der Waals surface area contributed by atoms with Crippen LogP contribution in [-0.2, 0) is 4.79 Å². The standard InChI is InChI=1S/C9H19N3O/c1-3-12-6-8(4-5-10)11(2)7-9(12)13/h8H,3-7,10H2,1-2H3. The first-order valence-electron chi connectivity index (χ1n) is 4.87. The number of hydrogen-bond donors (Lipinski definition) is 1. The predicted molar refractivity (Wildman–Crippen MR) is 52.3 cm³/mol. The monoisotopic (exact) mass is 185 g/mol. The van der Waals surface area contributed by atoms with Gasteiger partial charge in [-0.25, -0.2) is 0 Å². The molecule has 0 saturated carbocycles. The molecule has 1 rings (SSSR count). The molecule has 0 spiro atoms. The Morgan fingerprint density at radius 3 is 2.85 bits per heavy atom. The fourth-order valence-corrected chi connectivity index (χ4v) is 1.75. The van der Waals surface area contributed by atoms with E-state index in [1.807, 2.05) is 18.9 Å². The molecular formula is C9H19N3O. The van der Waals surface area contributed by atoms with Gasteiger partial charge in [-0.2, -0.15) is 0 Å². The summed E-state index contributed by atoms with van der Waals surface area (Å²) >= 11 is 0. The van der Waals surface area contributed by atoms with E-state index in [9.17, 15) is 4.79 Å². The second kappa shape index (κ2) is 4.58. The Balaban J connectivity index is 2.53. The first-order chi connectivity index (χ1) is 6.19. The highest BCUT2D eigenvalue weighted by Crippen LogP contribution is 2.10. The molecule has 0 aromatic rings. The Hall–Kier alpha value is -0.610. The van der Waals surface area contributed by atoms with Crippen LogP contribution in [-0.4, -0.2) is 55.0 Å². The van der Waals surface area contributed by atoms with Gasteiger partial charge in [0.05, 0.1) is 6.54 Å². The summed E-state index contributed by atoms with van der Waals surface area (Å²) in [6.45, 7) is 4.90. The lowest BCUT2D eigenvalue weighted by Crippen LogP contribution is -2.54. The second-order valence-electron chi connectivity index (χ2n) is 3.58. The molecule has 4 nitrogen and oxygen atoms in total. The number of piperazine rings is 1. The summed E-state index contributed by atoms with van der Waals surface area (Å²) < 4.78 is 0. The molecule has 1 atom stereocenters. The predicted octanol–water partition coefficient (Wildman–Crippen LogP) is -0.502. The van der Waals surface area contributed by atoms with Crippen molar-refractivity contribution in [2.24, 2.45) is 5.73 Å². The lowest BCUT2D eigenvalue weighted by molar-refractivity contribution is -0.137. The van der Waals surface area contributed by atoms with Crippen LogP contribution in [0.5, 0.6) is 0 Å². The van der Waals surface area contributed by atoms with Crippen LogP contribution in [0, 0.1) is 0 Å². The molecule has 1 unspecified atom stereocenters. The number of nitrogens with two attached hydrogens (primary N) is 1. The van der Waals surface area contributed by atoms with Gasteiger partial charge in [-0.15, -0.1) is 0 Å². The van der Waals surface area contributed by atoms with Gasteiger partial charge in [0.1, 0.15) is 0 Å². The summed E-state index contributed by atoms with van der Waals surface area (Å²) in [5.74, 6) is 0.235. The average molecular weight is 185 g/mol. The zero-order valence-corrected chi connectivity index (χ0v) is 8.49. The van der Waals surface area contributed by atoms with Gasteiger partial charge in [-0.1, -0.05) is 0 Å². The Morgan fingerprint density at radius 1 is 1.62 bits per heavy atom. The van der Waals surface area contributed by atoms with Crippen LogP contribution < -0.4 is 5.73 Å². The number of rotatable bonds is 3. The number of carbonyl (C=O) groups excluding carboxylic acids is 1. The Kier molecular flexibility index (Phi) is 3.69. The Morgan fingerprint density at radius 2 is 2.31 bits per heavy atom. The van der Waals surface area contributed by atoms with Crippen molar-refractivity contribution >= 4 is 5.91 Å². The van der Waals surface area contributed by atoms with E-state index >= 15 is 0 Å². The van der Waals surface area contributed by atoms with E-state index in [0.717, 1.165) is 19.5 Å². The number of nitrogens with zero attached hydrogens (tertiary/aromatic N) is 2. The topological polar surface area (TPSA) is 49.6 Å². The molecular weight excluding hydrogens is 166 g/mol. The molecule has 0 aromatic carbocycles. The average Bonchev–Trinajstić information content (AvgIpc) is 2.10. The molecule has 0 bridgehead atoms. The van der Waals surface area contributed by atoms with E-state index in [1.54, 1.807) is 0 Å². The zero-order valence-electron chi connectivity index (χ0n) is 8.49. The van der Waals surface area contributed by atoms with Gasteiger partial charge in [-0.05, 0) is 26.9 Å². The Bertz CT molecular complexity index is 184. The fourth-order valence-electron chi connectivity index (χ4n) is 1.75. The summed E-state index contributed by atoms with van der Waals surface area (Å²) in [6.07, 6.45) is 0.972. The molecule has 0 aliphatic carbocycles. The molecule has 13 heavy (non-hydrogen) atoms. The summed E-state index contributed by atoms with van der Waals surface area (Å²) in [4.78, 5) is 15.4. The smallest absolute Gasteiger partial charge is 0.236 e. The minimum absolute atomic E-state index is 0.235. The summed E-state index contributed by atoms with van der Waals surface area (Å²) in [5.41, 5.74) is 5.51. The molecule has 1 amide bonds. The number of likely N-dealkylation sites (N-methyl/N-ethyl adjacent to an activating group) is 2. The second-order valence-corrected chi connectivity index (χ2v) is 3.58. The van der Waals surface area contributed by atoms with Crippen LogP contribution in [0.15, 0.2) is 0 Å². The van der Waals surface area contributed by atoms with E-state index < -0.39 is 0 Å². The van der Waals surface area contributed by atoms with Crippen molar-refractivity contribution in [3.8, 4) is 0 Å². The molecule has 1 aliphatic rings. The molecule has 76 valence electrons. The van der Waals surface area contributed by atoms with Crippen molar-refractivity contribution < 1.29 is 4.79 Å². The number of carbonyl (C=O) groups is 1. The molecule has 1 fully saturated rings. The van der Waals surface area contributed by atoms with Gasteiger partial charge in [0, 0.05) is 19.1 Å². The minimum atomic E-state index is 0.235. The maximum Gasteiger partial charge on any atom is 0.236 e. The fraction of sp³-hybridized carbons (Fsp3) is 0.889. The van der Waals surface area contributed by atoms with Crippen LogP contribution in [0.4, 0.5) is 0 Å². The van der Waals surface area contributed by atoms with Gasteiger partial charge in [0.25, 0.3) is 0 Å². The third-order valence-corrected chi connectivity index (χ3v) is 2.67. The van der Waals surface area contributed by atoms with Crippen molar-refractivity contribution in [1.82, 2.24) is 9.80 Å². The summed E-state index contributed by atoms with van der Waals surface area (Å²) in [7, 11) is 1.99. The number of amides is 1. The molecule has 2 N–H and O–H groups in total. The zero-order chi connectivity index (χ0) is 9.84. The molecule has 1 aliphatic heterocycles. The SMILES string of the molecule is CCN1CC(CCN)N(C)CC1=O. The van der Waals surface area contributed by atoms with E-state index in [2.05, 4.69) is 4.90 Å². The molecule has 1 saturated heterocycles. The van der Waals surface area contributed by atoms with Gasteiger partial charge < -0.3 is 10.6 Å². The first kappa shape index (κ1) is 10.5. The summed E-state index contributed by atoms with van der Waals surface area (Å²) in [6, 6.07) is 0.447. The highest BCUT2D eigenvalue weighted by Gasteiger charge is 2.27.